The number of hydrogen-bond acceptors (Lipinski definition) is 4. The number of nitrogens with one attached hydrogen (secondary N) is 1. The van der Waals surface area contributed by atoms with Crippen LogP contribution in [0.4, 0.5) is 0 Å². The predicted octanol–water partition coefficient (Wildman–Crippen LogP) is -1.06. The number of aliphatic hydroxyl groups is 1. The van der Waals surface area contributed by atoms with Crippen molar-refractivity contribution in [1.29, 1.82) is 0 Å². The van der Waals surface area contributed by atoms with Gasteiger partial charge in [-0.05, 0) is 6.42 Å². The Morgan fingerprint density at radius 1 is 1.35 bits per heavy atom. The van der Waals surface area contributed by atoms with Crippen LogP contribution in [0.1, 0.15) is 19.0 Å². The first-order valence-electron chi connectivity index (χ1n) is 5.61. The van der Waals surface area contributed by atoms with Crippen LogP contribution in [0.5, 0.6) is 0 Å². The van der Waals surface area contributed by atoms with Crippen LogP contribution in [0.15, 0.2) is 15.7 Å². The van der Waals surface area contributed by atoms with Crippen LogP contribution in [-0.2, 0) is 20.6 Å². The molecule has 1 unspecified atom stereocenters. The number of hydrogen-bond donors (Lipinski definition) is 2. The minimum absolute atomic E-state index is 0.0193. The van der Waals surface area contributed by atoms with Gasteiger partial charge in [-0.2, -0.15) is 0 Å². The summed E-state index contributed by atoms with van der Waals surface area (Å²) in [5.41, 5.74) is -0.0432. The maximum Gasteiger partial charge on any atom is 0.330 e. The lowest BCUT2D eigenvalue weighted by Gasteiger charge is -2.15. The Balaban J connectivity index is 2.93. The molecule has 1 heterocycles. The highest BCUT2D eigenvalue weighted by molar-refractivity contribution is 5.02. The van der Waals surface area contributed by atoms with E-state index in [0.717, 1.165) is 11.0 Å². The molecule has 6 heteroatoms. The molecule has 0 aliphatic carbocycles. The number of nitrogens with zero attached hydrogens (tertiary/aromatic N) is 2. The summed E-state index contributed by atoms with van der Waals surface area (Å²) in [5.74, 6) is 0. The minimum Gasteiger partial charge on any atom is -0.395 e. The fourth-order valence-electron chi connectivity index (χ4n) is 1.53. The molecule has 0 radical (unpaired) electrons. The second-order valence-corrected chi connectivity index (χ2v) is 4.04. The molecule has 1 aromatic rings. The Labute approximate surface area is 99.5 Å². The molecule has 0 saturated carbocycles. The van der Waals surface area contributed by atoms with Crippen molar-refractivity contribution in [3.05, 3.63) is 32.6 Å². The van der Waals surface area contributed by atoms with Gasteiger partial charge in [0.1, 0.15) is 0 Å². The molecule has 6 nitrogen and oxygen atoms in total. The van der Waals surface area contributed by atoms with Crippen molar-refractivity contribution in [3.8, 4) is 0 Å². The molecule has 17 heavy (non-hydrogen) atoms. The molecule has 0 saturated heterocycles. The average Bonchev–Trinajstić information content (AvgIpc) is 2.33. The zero-order valence-corrected chi connectivity index (χ0v) is 10.4. The molecular weight excluding hydrogens is 222 g/mol. The summed E-state index contributed by atoms with van der Waals surface area (Å²) in [5, 5.41) is 12.1. The topological polar surface area (TPSA) is 76.3 Å². The molecular formula is C11H19N3O3. The zero-order valence-electron chi connectivity index (χ0n) is 10.4. The van der Waals surface area contributed by atoms with Gasteiger partial charge in [0, 0.05) is 38.4 Å². The van der Waals surface area contributed by atoms with Crippen molar-refractivity contribution in [2.45, 2.75) is 25.9 Å². The lowest BCUT2D eigenvalue weighted by molar-refractivity contribution is 0.237. The number of aliphatic hydroxyl groups excluding tert-OH is 1. The summed E-state index contributed by atoms with van der Waals surface area (Å²) >= 11 is 0. The van der Waals surface area contributed by atoms with Crippen LogP contribution in [0.2, 0.25) is 0 Å². The molecule has 96 valence electrons. The van der Waals surface area contributed by atoms with Crippen LogP contribution in [0.25, 0.3) is 0 Å². The molecule has 0 aliphatic rings. The molecule has 0 amide bonds. The second-order valence-electron chi connectivity index (χ2n) is 4.04. The third-order valence-corrected chi connectivity index (χ3v) is 2.91. The Hall–Kier alpha value is -1.40. The molecule has 0 fully saturated rings. The predicted molar refractivity (Wildman–Crippen MR) is 64.9 cm³/mol. The van der Waals surface area contributed by atoms with Gasteiger partial charge in [-0.15, -0.1) is 0 Å². The fourth-order valence-corrected chi connectivity index (χ4v) is 1.53. The van der Waals surface area contributed by atoms with Gasteiger partial charge in [0.2, 0.25) is 0 Å². The SMILES string of the molecule is CCC(CO)NCc1cc(=O)n(C)c(=O)n1C. The van der Waals surface area contributed by atoms with Crippen molar-refractivity contribution >= 4 is 0 Å². The van der Waals surface area contributed by atoms with Crippen molar-refractivity contribution in [2.75, 3.05) is 6.61 Å². The Morgan fingerprint density at radius 2 is 2.00 bits per heavy atom. The van der Waals surface area contributed by atoms with Gasteiger partial charge in [-0.3, -0.25) is 13.9 Å². The average molecular weight is 241 g/mol. The third-order valence-electron chi connectivity index (χ3n) is 2.91. The van der Waals surface area contributed by atoms with E-state index in [1.165, 1.54) is 17.7 Å². The van der Waals surface area contributed by atoms with Gasteiger partial charge in [0.25, 0.3) is 5.56 Å². The molecule has 2 N–H and O–H groups in total. The monoisotopic (exact) mass is 241 g/mol. The molecule has 1 aromatic heterocycles. The normalized spacial score (nSPS) is 12.7. The van der Waals surface area contributed by atoms with Gasteiger partial charge >= 0.3 is 5.69 Å². The lowest BCUT2D eigenvalue weighted by Crippen LogP contribution is -2.40. The van der Waals surface area contributed by atoms with Crippen LogP contribution in [0.3, 0.4) is 0 Å². The van der Waals surface area contributed by atoms with Crippen molar-refractivity contribution in [3.63, 3.8) is 0 Å². The molecule has 0 spiro atoms. The molecule has 1 rings (SSSR count). The van der Waals surface area contributed by atoms with E-state index in [9.17, 15) is 9.59 Å². The smallest absolute Gasteiger partial charge is 0.330 e. The number of aromatic nitrogens is 2. The molecule has 0 bridgehead atoms. The maximum atomic E-state index is 11.6. The van der Waals surface area contributed by atoms with Crippen molar-refractivity contribution in [1.82, 2.24) is 14.5 Å². The quantitative estimate of drug-likeness (QED) is 0.689. The van der Waals surface area contributed by atoms with Gasteiger partial charge < -0.3 is 10.4 Å². The first kappa shape index (κ1) is 13.7. The van der Waals surface area contributed by atoms with Crippen molar-refractivity contribution < 1.29 is 5.11 Å². The first-order chi connectivity index (χ1) is 8.01. The van der Waals surface area contributed by atoms with Gasteiger partial charge in [0.15, 0.2) is 0 Å². The number of rotatable bonds is 5. The van der Waals surface area contributed by atoms with E-state index in [-0.39, 0.29) is 23.9 Å². The fraction of sp³-hybridized carbons (Fsp3) is 0.636. The zero-order chi connectivity index (χ0) is 13.0. The second kappa shape index (κ2) is 5.79. The summed E-state index contributed by atoms with van der Waals surface area (Å²) in [6, 6.07) is 1.41. The Morgan fingerprint density at radius 3 is 2.53 bits per heavy atom. The van der Waals surface area contributed by atoms with E-state index in [1.807, 2.05) is 6.92 Å². The van der Waals surface area contributed by atoms with E-state index in [1.54, 1.807) is 7.05 Å². The summed E-state index contributed by atoms with van der Waals surface area (Å²) in [6.07, 6.45) is 0.787. The van der Waals surface area contributed by atoms with Crippen LogP contribution in [0, 0.1) is 0 Å². The van der Waals surface area contributed by atoms with E-state index in [2.05, 4.69) is 5.32 Å². The van der Waals surface area contributed by atoms with E-state index in [0.29, 0.717) is 12.2 Å². The molecule has 1 atom stereocenters. The highest BCUT2D eigenvalue weighted by Crippen LogP contribution is 1.94. The first-order valence-corrected chi connectivity index (χ1v) is 5.61. The van der Waals surface area contributed by atoms with Gasteiger partial charge in [-0.25, -0.2) is 4.79 Å². The Bertz CT molecular complexity index is 486. The standard InChI is InChI=1S/C11H19N3O3/c1-4-8(7-15)12-6-9-5-10(16)14(3)11(17)13(9)2/h5,8,12,15H,4,6-7H2,1-3H3. The van der Waals surface area contributed by atoms with Crippen LogP contribution >= 0.6 is 0 Å². The molecule has 0 aromatic carbocycles. The minimum atomic E-state index is -0.341. The summed E-state index contributed by atoms with van der Waals surface area (Å²) < 4.78 is 2.49. The molecule has 0 aliphatic heterocycles. The highest BCUT2D eigenvalue weighted by atomic mass is 16.3. The summed E-state index contributed by atoms with van der Waals surface area (Å²) in [7, 11) is 3.07. The third kappa shape index (κ3) is 3.04. The highest BCUT2D eigenvalue weighted by Gasteiger charge is 2.08. The van der Waals surface area contributed by atoms with E-state index in [4.69, 9.17) is 5.11 Å². The maximum absolute atomic E-state index is 11.6. The van der Waals surface area contributed by atoms with Gasteiger partial charge in [0.05, 0.1) is 6.61 Å². The van der Waals surface area contributed by atoms with Gasteiger partial charge in [-0.1, -0.05) is 6.92 Å². The Kier molecular flexibility index (Phi) is 4.65. The van der Waals surface area contributed by atoms with E-state index >= 15 is 0 Å². The summed E-state index contributed by atoms with van der Waals surface area (Å²) in [4.78, 5) is 23.1. The van der Waals surface area contributed by atoms with Crippen LogP contribution < -0.4 is 16.6 Å². The van der Waals surface area contributed by atoms with Crippen molar-refractivity contribution in [2.24, 2.45) is 14.1 Å². The van der Waals surface area contributed by atoms with E-state index < -0.39 is 0 Å². The van der Waals surface area contributed by atoms with Crippen LogP contribution in [-0.4, -0.2) is 26.9 Å². The largest absolute Gasteiger partial charge is 0.395 e. The lowest BCUT2D eigenvalue weighted by atomic mass is 10.2. The summed E-state index contributed by atoms with van der Waals surface area (Å²) in [6.45, 7) is 2.38.